The van der Waals surface area contributed by atoms with Crippen LogP contribution in [0.4, 0.5) is 0 Å². The number of hydrogen-bond donors (Lipinski definition) is 0. The van der Waals surface area contributed by atoms with Gasteiger partial charge in [-0.2, -0.15) is 0 Å². The molecule has 2 aromatic carbocycles. The Hall–Kier alpha value is -2.13. The minimum atomic E-state index is -0.159. The van der Waals surface area contributed by atoms with Gasteiger partial charge in [-0.15, -0.1) is 0 Å². The fraction of sp³-hybridized carbons (Fsp3) is 0.350. The van der Waals surface area contributed by atoms with Crippen LogP contribution in [0, 0.1) is 0 Å². The molecular formula is C20H25NO2. The van der Waals surface area contributed by atoms with Gasteiger partial charge in [0.25, 0.3) is 0 Å². The number of hydrogen-bond acceptors (Lipinski definition) is 3. The van der Waals surface area contributed by atoms with Crippen molar-refractivity contribution in [1.29, 1.82) is 0 Å². The second-order valence-electron chi connectivity index (χ2n) is 5.96. The minimum absolute atomic E-state index is 0.145. The molecule has 0 amide bonds. The highest BCUT2D eigenvalue weighted by atomic mass is 16.5. The van der Waals surface area contributed by atoms with Crippen LogP contribution in [0.3, 0.4) is 0 Å². The topological polar surface area (TPSA) is 29.5 Å². The normalized spacial score (nSPS) is 12.2. The molecule has 0 aliphatic heterocycles. The zero-order valence-electron chi connectivity index (χ0n) is 14.2. The predicted molar refractivity (Wildman–Crippen MR) is 94.3 cm³/mol. The molecule has 0 aliphatic rings. The zero-order valence-corrected chi connectivity index (χ0v) is 14.2. The van der Waals surface area contributed by atoms with Crippen molar-refractivity contribution in [2.45, 2.75) is 19.3 Å². The Morgan fingerprint density at radius 3 is 2.26 bits per heavy atom. The molecule has 3 nitrogen and oxygen atoms in total. The summed E-state index contributed by atoms with van der Waals surface area (Å²) in [5, 5.41) is 0. The summed E-state index contributed by atoms with van der Waals surface area (Å²) in [6.07, 6.45) is 0.972. The lowest BCUT2D eigenvalue weighted by atomic mass is 9.90. The summed E-state index contributed by atoms with van der Waals surface area (Å²) in [5.74, 6) is 0.799. The zero-order chi connectivity index (χ0) is 16.7. The molecule has 0 spiro atoms. The van der Waals surface area contributed by atoms with Gasteiger partial charge in [0, 0.05) is 12.1 Å². The quantitative estimate of drug-likeness (QED) is 0.690. The third-order valence-corrected chi connectivity index (χ3v) is 3.68. The molecule has 0 radical (unpaired) electrons. The summed E-state index contributed by atoms with van der Waals surface area (Å²) >= 11 is 0. The fourth-order valence-electron chi connectivity index (χ4n) is 2.53. The van der Waals surface area contributed by atoms with Crippen molar-refractivity contribution in [2.75, 3.05) is 27.2 Å². The van der Waals surface area contributed by atoms with Crippen molar-refractivity contribution >= 4 is 5.78 Å². The maximum absolute atomic E-state index is 12.9. The van der Waals surface area contributed by atoms with E-state index >= 15 is 0 Å². The molecule has 2 rings (SSSR count). The molecule has 0 saturated heterocycles. The molecule has 0 saturated carbocycles. The molecule has 0 N–H and O–H groups in total. The van der Waals surface area contributed by atoms with E-state index < -0.39 is 0 Å². The first kappa shape index (κ1) is 17.2. The molecule has 0 fully saturated rings. The SMILES string of the molecule is CCCOc1ccc(C(=O)C(CN(C)C)c2ccccc2)cc1. The van der Waals surface area contributed by atoms with Gasteiger partial charge < -0.3 is 9.64 Å². The first-order valence-electron chi connectivity index (χ1n) is 8.08. The Morgan fingerprint density at radius 1 is 1.04 bits per heavy atom. The molecule has 0 heterocycles. The summed E-state index contributed by atoms with van der Waals surface area (Å²) < 4.78 is 5.58. The number of carbonyl (C=O) groups is 1. The highest BCUT2D eigenvalue weighted by Crippen LogP contribution is 2.23. The van der Waals surface area contributed by atoms with Gasteiger partial charge in [-0.05, 0) is 50.3 Å². The lowest BCUT2D eigenvalue weighted by Crippen LogP contribution is -2.26. The van der Waals surface area contributed by atoms with E-state index in [9.17, 15) is 4.79 Å². The number of rotatable bonds is 8. The Labute approximate surface area is 138 Å². The van der Waals surface area contributed by atoms with Gasteiger partial charge in [-0.1, -0.05) is 37.3 Å². The van der Waals surface area contributed by atoms with Crippen molar-refractivity contribution in [3.8, 4) is 5.75 Å². The molecule has 0 aliphatic carbocycles. The van der Waals surface area contributed by atoms with Gasteiger partial charge in [0.05, 0.1) is 12.5 Å². The second kappa shape index (κ2) is 8.49. The van der Waals surface area contributed by atoms with E-state index in [1.54, 1.807) is 0 Å². The van der Waals surface area contributed by atoms with Crippen LogP contribution < -0.4 is 4.74 Å². The number of likely N-dealkylation sites (N-methyl/N-ethyl adjacent to an activating group) is 1. The standard InChI is InChI=1S/C20H25NO2/c1-4-14-23-18-12-10-17(11-13-18)20(22)19(15-21(2)3)16-8-6-5-7-9-16/h5-13,19H,4,14-15H2,1-3H3. The molecule has 23 heavy (non-hydrogen) atoms. The Bertz CT molecular complexity index is 605. The highest BCUT2D eigenvalue weighted by Gasteiger charge is 2.22. The van der Waals surface area contributed by atoms with Crippen LogP contribution in [0.1, 0.15) is 35.2 Å². The number of carbonyl (C=O) groups excluding carboxylic acids is 1. The van der Waals surface area contributed by atoms with Crippen LogP contribution in [-0.4, -0.2) is 37.9 Å². The maximum atomic E-state index is 12.9. The molecule has 122 valence electrons. The number of benzene rings is 2. The van der Waals surface area contributed by atoms with Crippen LogP contribution in [0.5, 0.6) is 5.75 Å². The van der Waals surface area contributed by atoms with Gasteiger partial charge >= 0.3 is 0 Å². The van der Waals surface area contributed by atoms with Crippen molar-refractivity contribution < 1.29 is 9.53 Å². The minimum Gasteiger partial charge on any atom is -0.494 e. The van der Waals surface area contributed by atoms with Gasteiger partial charge in [0.1, 0.15) is 5.75 Å². The third kappa shape index (κ3) is 4.93. The van der Waals surface area contributed by atoms with Crippen molar-refractivity contribution in [1.82, 2.24) is 4.90 Å². The lowest BCUT2D eigenvalue weighted by molar-refractivity contribution is 0.0944. The summed E-state index contributed by atoms with van der Waals surface area (Å²) in [4.78, 5) is 15.0. The Morgan fingerprint density at radius 2 is 1.70 bits per heavy atom. The van der Waals surface area contributed by atoms with Gasteiger partial charge in [-0.3, -0.25) is 4.79 Å². The van der Waals surface area contributed by atoms with E-state index in [4.69, 9.17) is 4.74 Å². The van der Waals surface area contributed by atoms with E-state index in [1.165, 1.54) is 0 Å². The van der Waals surface area contributed by atoms with E-state index in [-0.39, 0.29) is 11.7 Å². The van der Waals surface area contributed by atoms with Crippen LogP contribution >= 0.6 is 0 Å². The fourth-order valence-corrected chi connectivity index (χ4v) is 2.53. The summed E-state index contributed by atoms with van der Waals surface area (Å²) in [6.45, 7) is 3.46. The largest absolute Gasteiger partial charge is 0.494 e. The Balaban J connectivity index is 2.20. The first-order chi connectivity index (χ1) is 11.1. The number of nitrogens with zero attached hydrogens (tertiary/aromatic N) is 1. The van der Waals surface area contributed by atoms with Crippen molar-refractivity contribution in [3.05, 3.63) is 65.7 Å². The molecule has 1 unspecified atom stereocenters. The monoisotopic (exact) mass is 311 g/mol. The first-order valence-corrected chi connectivity index (χ1v) is 8.08. The summed E-state index contributed by atoms with van der Waals surface area (Å²) in [7, 11) is 3.98. The van der Waals surface area contributed by atoms with E-state index in [0.29, 0.717) is 13.2 Å². The molecule has 0 aromatic heterocycles. The molecule has 2 aromatic rings. The van der Waals surface area contributed by atoms with E-state index in [2.05, 4.69) is 6.92 Å². The predicted octanol–water partition coefficient (Wildman–Crippen LogP) is 4.00. The van der Waals surface area contributed by atoms with Gasteiger partial charge in [0.2, 0.25) is 0 Å². The molecule has 0 bridgehead atoms. The van der Waals surface area contributed by atoms with Crippen LogP contribution in [-0.2, 0) is 0 Å². The number of ketones is 1. The maximum Gasteiger partial charge on any atom is 0.171 e. The average Bonchev–Trinajstić information content (AvgIpc) is 2.58. The van der Waals surface area contributed by atoms with Gasteiger partial charge in [0.15, 0.2) is 5.78 Å². The van der Waals surface area contributed by atoms with Crippen molar-refractivity contribution in [3.63, 3.8) is 0 Å². The van der Waals surface area contributed by atoms with Crippen LogP contribution in [0.25, 0.3) is 0 Å². The third-order valence-electron chi connectivity index (χ3n) is 3.68. The van der Waals surface area contributed by atoms with Crippen LogP contribution in [0.2, 0.25) is 0 Å². The molecule has 1 atom stereocenters. The molecule has 3 heteroatoms. The molecular weight excluding hydrogens is 286 g/mol. The summed E-state index contributed by atoms with van der Waals surface area (Å²) in [5.41, 5.74) is 1.78. The summed E-state index contributed by atoms with van der Waals surface area (Å²) in [6, 6.07) is 17.4. The van der Waals surface area contributed by atoms with E-state index in [1.807, 2.05) is 73.6 Å². The number of ether oxygens (including phenoxy) is 1. The van der Waals surface area contributed by atoms with E-state index in [0.717, 1.165) is 23.3 Å². The van der Waals surface area contributed by atoms with Crippen molar-refractivity contribution in [2.24, 2.45) is 0 Å². The second-order valence-corrected chi connectivity index (χ2v) is 5.96. The lowest BCUT2D eigenvalue weighted by Gasteiger charge is -2.20. The Kier molecular flexibility index (Phi) is 6.36. The van der Waals surface area contributed by atoms with Gasteiger partial charge in [-0.25, -0.2) is 0 Å². The number of Topliss-reactive ketones (excluding diaryl/α,β-unsaturated/α-hetero) is 1. The smallest absolute Gasteiger partial charge is 0.171 e. The highest BCUT2D eigenvalue weighted by molar-refractivity contribution is 6.01. The average molecular weight is 311 g/mol. The van der Waals surface area contributed by atoms with Crippen LogP contribution in [0.15, 0.2) is 54.6 Å².